The molecule has 1 fully saturated rings. The second-order valence-corrected chi connectivity index (χ2v) is 4.52. The van der Waals surface area contributed by atoms with Gasteiger partial charge < -0.3 is 5.11 Å². The van der Waals surface area contributed by atoms with Gasteiger partial charge in [0.1, 0.15) is 11.6 Å². The molecule has 1 unspecified atom stereocenters. The van der Waals surface area contributed by atoms with E-state index in [1.165, 1.54) is 6.07 Å². The first-order chi connectivity index (χ1) is 8.68. The Bertz CT molecular complexity index is 374. The van der Waals surface area contributed by atoms with Gasteiger partial charge in [-0.25, -0.2) is 8.78 Å². The molecule has 1 aromatic rings. The number of nitrogens with one attached hydrogen (secondary N) is 1. The maximum atomic E-state index is 13.4. The predicted molar refractivity (Wildman–Crippen MR) is 62.7 cm³/mol. The van der Waals surface area contributed by atoms with Crippen LogP contribution in [0, 0.1) is 11.6 Å². The van der Waals surface area contributed by atoms with Crippen molar-refractivity contribution in [1.29, 1.82) is 0 Å². The van der Waals surface area contributed by atoms with Crippen molar-refractivity contribution >= 4 is 0 Å². The summed E-state index contributed by atoms with van der Waals surface area (Å²) in [6, 6.07) is 3.52. The molecule has 5 heteroatoms. The zero-order chi connectivity index (χ0) is 13.0. The van der Waals surface area contributed by atoms with Crippen molar-refractivity contribution in [3.63, 3.8) is 0 Å². The summed E-state index contributed by atoms with van der Waals surface area (Å²) in [5, 5.41) is 9.73. The number of benzene rings is 1. The standard InChI is InChI=1S/C13H17F2NO2/c14-10-6-3-7-11(15)13(10)12(17)8-16-18-9-4-1-2-5-9/h3,6-7,9,12,16-17H,1-2,4-5,8H2. The van der Waals surface area contributed by atoms with Crippen molar-refractivity contribution in [2.45, 2.75) is 37.9 Å². The molecular formula is C13H17F2NO2. The number of hydrogen-bond acceptors (Lipinski definition) is 3. The van der Waals surface area contributed by atoms with Crippen molar-refractivity contribution in [3.05, 3.63) is 35.4 Å². The van der Waals surface area contributed by atoms with E-state index in [0.29, 0.717) is 0 Å². The molecule has 0 bridgehead atoms. The lowest BCUT2D eigenvalue weighted by Crippen LogP contribution is -2.27. The summed E-state index contributed by atoms with van der Waals surface area (Å²) in [6.07, 6.45) is 3.12. The van der Waals surface area contributed by atoms with Crippen molar-refractivity contribution in [1.82, 2.24) is 5.48 Å². The van der Waals surface area contributed by atoms with Crippen LogP contribution in [0.1, 0.15) is 37.4 Å². The summed E-state index contributed by atoms with van der Waals surface area (Å²) in [6.45, 7) is -0.0334. The van der Waals surface area contributed by atoms with Gasteiger partial charge in [-0.2, -0.15) is 5.48 Å². The molecule has 0 spiro atoms. The highest BCUT2D eigenvalue weighted by Crippen LogP contribution is 2.22. The fourth-order valence-corrected chi connectivity index (χ4v) is 2.18. The van der Waals surface area contributed by atoms with Crippen LogP contribution < -0.4 is 5.48 Å². The fourth-order valence-electron chi connectivity index (χ4n) is 2.18. The van der Waals surface area contributed by atoms with Gasteiger partial charge in [0.15, 0.2) is 0 Å². The molecule has 1 atom stereocenters. The summed E-state index contributed by atoms with van der Waals surface area (Å²) < 4.78 is 26.7. The molecule has 3 nitrogen and oxygen atoms in total. The summed E-state index contributed by atoms with van der Waals surface area (Å²) in [4.78, 5) is 5.32. The maximum Gasteiger partial charge on any atom is 0.131 e. The number of aliphatic hydroxyl groups excluding tert-OH is 1. The Kier molecular flexibility index (Phi) is 4.63. The first-order valence-corrected chi connectivity index (χ1v) is 6.19. The van der Waals surface area contributed by atoms with Crippen LogP contribution >= 0.6 is 0 Å². The van der Waals surface area contributed by atoms with E-state index in [0.717, 1.165) is 37.8 Å². The quantitative estimate of drug-likeness (QED) is 0.796. The lowest BCUT2D eigenvalue weighted by Gasteiger charge is -2.16. The van der Waals surface area contributed by atoms with E-state index in [4.69, 9.17) is 4.84 Å². The average Bonchev–Trinajstić information content (AvgIpc) is 2.82. The Balaban J connectivity index is 1.85. The minimum atomic E-state index is -1.26. The molecule has 0 amide bonds. The number of hydroxylamine groups is 1. The first kappa shape index (κ1) is 13.4. The van der Waals surface area contributed by atoms with Gasteiger partial charge in [-0.05, 0) is 25.0 Å². The van der Waals surface area contributed by atoms with Crippen LogP contribution in [0.2, 0.25) is 0 Å². The van der Waals surface area contributed by atoms with Crippen LogP contribution in [-0.2, 0) is 4.84 Å². The Morgan fingerprint density at radius 2 is 1.89 bits per heavy atom. The third-order valence-electron chi connectivity index (χ3n) is 3.16. The molecule has 1 aliphatic rings. The molecule has 0 aliphatic heterocycles. The van der Waals surface area contributed by atoms with Gasteiger partial charge in [-0.3, -0.25) is 4.84 Å². The van der Waals surface area contributed by atoms with Crippen molar-refractivity contribution in [2.75, 3.05) is 6.54 Å². The lowest BCUT2D eigenvalue weighted by atomic mass is 10.1. The SMILES string of the molecule is OC(CNOC1CCCC1)c1c(F)cccc1F. The molecule has 2 N–H and O–H groups in total. The molecule has 1 aromatic carbocycles. The summed E-state index contributed by atoms with van der Waals surface area (Å²) in [5.74, 6) is -1.49. The van der Waals surface area contributed by atoms with Crippen LogP contribution in [0.5, 0.6) is 0 Å². The van der Waals surface area contributed by atoms with E-state index in [-0.39, 0.29) is 18.2 Å². The molecule has 100 valence electrons. The van der Waals surface area contributed by atoms with Crippen LogP contribution in [0.15, 0.2) is 18.2 Å². The third kappa shape index (κ3) is 3.25. The Labute approximate surface area is 105 Å². The Morgan fingerprint density at radius 3 is 2.50 bits per heavy atom. The monoisotopic (exact) mass is 257 g/mol. The normalized spacial score (nSPS) is 18.2. The molecule has 1 saturated carbocycles. The molecule has 2 rings (SSSR count). The first-order valence-electron chi connectivity index (χ1n) is 6.19. The van der Waals surface area contributed by atoms with Crippen molar-refractivity contribution in [3.8, 4) is 0 Å². The van der Waals surface area contributed by atoms with E-state index in [9.17, 15) is 13.9 Å². The Morgan fingerprint density at radius 1 is 1.28 bits per heavy atom. The molecule has 0 saturated heterocycles. The molecule has 0 heterocycles. The third-order valence-corrected chi connectivity index (χ3v) is 3.16. The second kappa shape index (κ2) is 6.22. The molecule has 1 aliphatic carbocycles. The van der Waals surface area contributed by atoms with Gasteiger partial charge in [0.05, 0.1) is 24.3 Å². The maximum absolute atomic E-state index is 13.4. The lowest BCUT2D eigenvalue weighted by molar-refractivity contribution is -0.0379. The average molecular weight is 257 g/mol. The topological polar surface area (TPSA) is 41.5 Å². The van der Waals surface area contributed by atoms with Crippen LogP contribution in [0.3, 0.4) is 0 Å². The summed E-state index contributed by atoms with van der Waals surface area (Å²) in [7, 11) is 0. The van der Waals surface area contributed by atoms with E-state index in [2.05, 4.69) is 5.48 Å². The largest absolute Gasteiger partial charge is 0.387 e. The van der Waals surface area contributed by atoms with E-state index in [1.807, 2.05) is 0 Å². The highest BCUT2D eigenvalue weighted by molar-refractivity contribution is 5.22. The van der Waals surface area contributed by atoms with Gasteiger partial charge in [-0.1, -0.05) is 18.9 Å². The number of aliphatic hydroxyl groups is 1. The number of rotatable bonds is 5. The Hall–Kier alpha value is -1.04. The van der Waals surface area contributed by atoms with Gasteiger partial charge in [0.25, 0.3) is 0 Å². The van der Waals surface area contributed by atoms with Crippen LogP contribution in [0.25, 0.3) is 0 Å². The predicted octanol–water partition coefficient (Wildman–Crippen LogP) is 2.46. The van der Waals surface area contributed by atoms with E-state index in [1.54, 1.807) is 0 Å². The van der Waals surface area contributed by atoms with Crippen LogP contribution in [-0.4, -0.2) is 17.8 Å². The van der Waals surface area contributed by atoms with E-state index < -0.39 is 17.7 Å². The summed E-state index contributed by atoms with van der Waals surface area (Å²) in [5.41, 5.74) is 2.28. The molecule has 0 radical (unpaired) electrons. The highest BCUT2D eigenvalue weighted by Gasteiger charge is 2.19. The molecule has 0 aromatic heterocycles. The van der Waals surface area contributed by atoms with Crippen molar-refractivity contribution < 1.29 is 18.7 Å². The number of halogens is 2. The van der Waals surface area contributed by atoms with Gasteiger partial charge >= 0.3 is 0 Å². The molecule has 18 heavy (non-hydrogen) atoms. The second-order valence-electron chi connectivity index (χ2n) is 4.52. The zero-order valence-electron chi connectivity index (χ0n) is 10.0. The van der Waals surface area contributed by atoms with Gasteiger partial charge in [0, 0.05) is 0 Å². The molecular weight excluding hydrogens is 240 g/mol. The van der Waals surface area contributed by atoms with E-state index >= 15 is 0 Å². The fraction of sp³-hybridized carbons (Fsp3) is 0.538. The number of hydrogen-bond donors (Lipinski definition) is 2. The smallest absolute Gasteiger partial charge is 0.131 e. The minimum Gasteiger partial charge on any atom is -0.387 e. The van der Waals surface area contributed by atoms with Crippen LogP contribution in [0.4, 0.5) is 8.78 Å². The zero-order valence-corrected chi connectivity index (χ0v) is 10.0. The van der Waals surface area contributed by atoms with Gasteiger partial charge in [0.2, 0.25) is 0 Å². The van der Waals surface area contributed by atoms with Gasteiger partial charge in [-0.15, -0.1) is 0 Å². The van der Waals surface area contributed by atoms with Crippen molar-refractivity contribution in [2.24, 2.45) is 0 Å². The summed E-state index contributed by atoms with van der Waals surface area (Å²) >= 11 is 0. The highest BCUT2D eigenvalue weighted by atomic mass is 19.1. The minimum absolute atomic E-state index is 0.0334.